The summed E-state index contributed by atoms with van der Waals surface area (Å²) in [6.45, 7) is 6.09. The van der Waals surface area contributed by atoms with Crippen molar-refractivity contribution >= 4 is 11.8 Å². The van der Waals surface area contributed by atoms with E-state index < -0.39 is 41.0 Å². The molecule has 1 N–H and O–H groups in total. The second-order valence-corrected chi connectivity index (χ2v) is 10.9. The maximum atomic E-state index is 13.3. The van der Waals surface area contributed by atoms with Crippen molar-refractivity contribution in [2.75, 3.05) is 13.1 Å². The Kier molecular flexibility index (Phi) is 7.96. The van der Waals surface area contributed by atoms with Crippen LogP contribution < -0.4 is 5.32 Å². The third-order valence-corrected chi connectivity index (χ3v) is 7.09. The van der Waals surface area contributed by atoms with Gasteiger partial charge in [0.15, 0.2) is 17.5 Å². The van der Waals surface area contributed by atoms with Crippen molar-refractivity contribution in [3.63, 3.8) is 0 Å². The normalized spacial score (nSPS) is 20.2. The zero-order chi connectivity index (χ0) is 31.3. The smallest absolute Gasteiger partial charge is 0.372 e. The molecule has 3 atom stereocenters. The quantitative estimate of drug-likeness (QED) is 0.380. The topological polar surface area (TPSA) is 102 Å². The molecule has 2 aliphatic rings. The number of ether oxygens (including phenoxy) is 1. The number of carbonyl (C=O) groups is 2. The predicted octanol–water partition coefficient (Wildman–Crippen LogP) is 5.32. The van der Waals surface area contributed by atoms with Gasteiger partial charge in [-0.3, -0.25) is 9.59 Å². The van der Waals surface area contributed by atoms with Crippen molar-refractivity contribution < 1.29 is 40.7 Å². The Morgan fingerprint density at radius 3 is 2.07 bits per heavy atom. The molecule has 3 aromatic rings. The van der Waals surface area contributed by atoms with Crippen LogP contribution in [0.25, 0.3) is 5.82 Å². The van der Waals surface area contributed by atoms with Gasteiger partial charge in [0.1, 0.15) is 0 Å². The molecule has 0 radical (unpaired) electrons. The van der Waals surface area contributed by atoms with Crippen molar-refractivity contribution in [3.8, 4) is 5.82 Å². The fourth-order valence-corrected chi connectivity index (χ4v) is 4.90. The van der Waals surface area contributed by atoms with Gasteiger partial charge in [-0.05, 0) is 63.9 Å². The number of hydrogen-bond donors (Lipinski definition) is 1. The van der Waals surface area contributed by atoms with Gasteiger partial charge < -0.3 is 15.0 Å². The van der Waals surface area contributed by atoms with E-state index in [1.165, 1.54) is 17.8 Å². The van der Waals surface area contributed by atoms with E-state index in [1.807, 2.05) is 13.8 Å². The van der Waals surface area contributed by atoms with Crippen molar-refractivity contribution in [1.29, 1.82) is 0 Å². The van der Waals surface area contributed by atoms with Gasteiger partial charge in [-0.25, -0.2) is 9.97 Å². The molecule has 2 fully saturated rings. The van der Waals surface area contributed by atoms with Crippen LogP contribution in [0.5, 0.6) is 0 Å². The number of halogens is 6. The lowest BCUT2D eigenvalue weighted by Gasteiger charge is -2.35. The molecule has 230 valence electrons. The zero-order valence-electron chi connectivity index (χ0n) is 23.3. The van der Waals surface area contributed by atoms with E-state index in [9.17, 15) is 35.9 Å². The van der Waals surface area contributed by atoms with E-state index in [0.717, 1.165) is 12.8 Å². The first-order valence-corrected chi connectivity index (χ1v) is 13.6. The Balaban J connectivity index is 1.40. The molecule has 0 unspecified atom stereocenters. The minimum atomic E-state index is -5.10. The SMILES string of the molecule is C[C@@H]1CN(C(=O)c2ccc(-n3nc(C4CC4)nc3[C@H](C)NC(=O)c3cc(C(F)(F)F)cc(C(F)(F)F)c3)nc2)C[C@H](C)O1. The van der Waals surface area contributed by atoms with E-state index >= 15 is 0 Å². The molecule has 1 aromatic carbocycles. The fraction of sp³-hybridized carbons (Fsp3) is 0.464. The molecule has 5 rings (SSSR count). The number of carbonyl (C=O) groups excluding carboxylic acids is 2. The molecule has 9 nitrogen and oxygen atoms in total. The zero-order valence-corrected chi connectivity index (χ0v) is 23.3. The van der Waals surface area contributed by atoms with Gasteiger partial charge >= 0.3 is 12.4 Å². The number of morpholine rings is 1. The van der Waals surface area contributed by atoms with E-state index in [1.54, 1.807) is 17.0 Å². The largest absolute Gasteiger partial charge is 0.416 e. The van der Waals surface area contributed by atoms with Crippen LogP contribution in [0.15, 0.2) is 36.5 Å². The summed E-state index contributed by atoms with van der Waals surface area (Å²) in [5.41, 5.74) is -3.67. The van der Waals surface area contributed by atoms with Gasteiger partial charge in [-0.1, -0.05) is 0 Å². The number of alkyl halides is 6. The van der Waals surface area contributed by atoms with Crippen molar-refractivity contribution in [1.82, 2.24) is 30.0 Å². The molecule has 43 heavy (non-hydrogen) atoms. The Morgan fingerprint density at radius 2 is 1.56 bits per heavy atom. The first-order chi connectivity index (χ1) is 20.1. The Morgan fingerprint density at radius 1 is 0.953 bits per heavy atom. The lowest BCUT2D eigenvalue weighted by atomic mass is 10.0. The summed E-state index contributed by atoms with van der Waals surface area (Å²) >= 11 is 0. The van der Waals surface area contributed by atoms with Crippen LogP contribution in [0, 0.1) is 0 Å². The highest BCUT2D eigenvalue weighted by Gasteiger charge is 2.38. The molecule has 0 bridgehead atoms. The van der Waals surface area contributed by atoms with Crippen LogP contribution in [0.3, 0.4) is 0 Å². The van der Waals surface area contributed by atoms with E-state index in [4.69, 9.17) is 4.74 Å². The van der Waals surface area contributed by atoms with E-state index in [2.05, 4.69) is 20.4 Å². The number of hydrogen-bond acceptors (Lipinski definition) is 6. The number of nitrogens with zero attached hydrogens (tertiary/aromatic N) is 5. The highest BCUT2D eigenvalue weighted by Crippen LogP contribution is 2.39. The number of amides is 2. The van der Waals surface area contributed by atoms with Crippen LogP contribution in [0.2, 0.25) is 0 Å². The maximum absolute atomic E-state index is 13.3. The van der Waals surface area contributed by atoms with Crippen molar-refractivity contribution in [3.05, 3.63) is 70.4 Å². The average molecular weight is 611 g/mol. The average Bonchev–Trinajstić information content (AvgIpc) is 3.69. The van der Waals surface area contributed by atoms with Crippen LogP contribution >= 0.6 is 0 Å². The summed E-state index contributed by atoms with van der Waals surface area (Å²) in [5, 5.41) is 6.94. The summed E-state index contributed by atoms with van der Waals surface area (Å²) < 4.78 is 86.9. The Hall–Kier alpha value is -4.01. The van der Waals surface area contributed by atoms with Crippen molar-refractivity contribution in [2.24, 2.45) is 0 Å². The second-order valence-electron chi connectivity index (χ2n) is 10.9. The standard InChI is InChI=1S/C28H28F6N6O3/c1-14-12-39(13-15(2)43-14)26(42)18-6-7-22(35-11-18)40-24(37-23(38-40)17-4-5-17)16(3)36-25(41)19-8-20(27(29,30)31)10-21(9-19)28(32,33)34/h6-11,14-17H,4-5,12-13H2,1-3H3,(H,36,41)/t14-,15+,16-/m0/s1. The monoisotopic (exact) mass is 610 g/mol. The minimum absolute atomic E-state index is 0.0426. The van der Waals surface area contributed by atoms with E-state index in [0.29, 0.717) is 36.6 Å². The van der Waals surface area contributed by atoms with E-state index in [-0.39, 0.29) is 41.7 Å². The number of pyridine rings is 1. The number of rotatable bonds is 6. The first kappa shape index (κ1) is 30.4. The summed E-state index contributed by atoms with van der Waals surface area (Å²) in [6.07, 6.45) is -7.37. The van der Waals surface area contributed by atoms with Gasteiger partial charge in [0, 0.05) is 30.8 Å². The second kappa shape index (κ2) is 11.2. The fourth-order valence-electron chi connectivity index (χ4n) is 4.90. The summed E-state index contributed by atoms with van der Waals surface area (Å²) in [5.74, 6) is -0.414. The molecule has 15 heteroatoms. The summed E-state index contributed by atoms with van der Waals surface area (Å²) in [4.78, 5) is 36.5. The molecule has 1 saturated carbocycles. The summed E-state index contributed by atoms with van der Waals surface area (Å²) in [6, 6.07) is 2.82. The minimum Gasteiger partial charge on any atom is -0.372 e. The Labute approximate surface area is 242 Å². The number of aromatic nitrogens is 4. The lowest BCUT2D eigenvalue weighted by Crippen LogP contribution is -2.48. The molecule has 2 amide bonds. The molecule has 1 aliphatic heterocycles. The predicted molar refractivity (Wildman–Crippen MR) is 139 cm³/mol. The van der Waals surface area contributed by atoms with Crippen LogP contribution in [-0.4, -0.2) is 61.8 Å². The van der Waals surface area contributed by atoms with Crippen molar-refractivity contribution in [2.45, 2.75) is 70.1 Å². The third kappa shape index (κ3) is 6.81. The molecule has 1 aliphatic carbocycles. The van der Waals surface area contributed by atoms with Crippen LogP contribution in [-0.2, 0) is 17.1 Å². The highest BCUT2D eigenvalue weighted by molar-refractivity contribution is 5.95. The molecule has 1 saturated heterocycles. The summed E-state index contributed by atoms with van der Waals surface area (Å²) in [7, 11) is 0. The Bertz CT molecular complexity index is 1470. The first-order valence-electron chi connectivity index (χ1n) is 13.6. The van der Waals surface area contributed by atoms with Crippen LogP contribution in [0.1, 0.15) is 89.1 Å². The lowest BCUT2D eigenvalue weighted by molar-refractivity contribution is -0.143. The van der Waals surface area contributed by atoms with Gasteiger partial charge in [0.2, 0.25) is 0 Å². The maximum Gasteiger partial charge on any atom is 0.416 e. The third-order valence-electron chi connectivity index (χ3n) is 7.09. The van der Waals surface area contributed by atoms with Gasteiger partial charge in [0.25, 0.3) is 11.8 Å². The van der Waals surface area contributed by atoms with Crippen LogP contribution in [0.4, 0.5) is 26.3 Å². The molecule has 0 spiro atoms. The molecule has 3 heterocycles. The van der Waals surface area contributed by atoms with Gasteiger partial charge in [-0.2, -0.15) is 31.0 Å². The van der Waals surface area contributed by atoms with Gasteiger partial charge in [0.05, 0.1) is 34.9 Å². The number of benzene rings is 1. The highest BCUT2D eigenvalue weighted by atomic mass is 19.4. The molecular weight excluding hydrogens is 582 g/mol. The van der Waals surface area contributed by atoms with Gasteiger partial charge in [-0.15, -0.1) is 5.10 Å². The number of nitrogens with one attached hydrogen (secondary N) is 1. The molecule has 2 aromatic heterocycles. The molecular formula is C28H28F6N6O3.